The van der Waals surface area contributed by atoms with E-state index in [0.29, 0.717) is 29.9 Å². The number of hydrogen-bond donors (Lipinski definition) is 5. The van der Waals surface area contributed by atoms with Crippen molar-refractivity contribution in [3.63, 3.8) is 0 Å². The van der Waals surface area contributed by atoms with E-state index in [-0.39, 0.29) is 12.0 Å². The van der Waals surface area contributed by atoms with Gasteiger partial charge in [-0.05, 0) is 63.4 Å². The highest BCUT2D eigenvalue weighted by atomic mass is 32.1. The van der Waals surface area contributed by atoms with Crippen molar-refractivity contribution < 1.29 is 4.79 Å². The first-order valence-corrected chi connectivity index (χ1v) is 12.8. The fourth-order valence-electron chi connectivity index (χ4n) is 5.73. The molecule has 174 valence electrons. The number of ketones is 1. The Kier molecular flexibility index (Phi) is 5.51. The molecule has 33 heavy (non-hydrogen) atoms. The minimum atomic E-state index is 0.0814. The summed E-state index contributed by atoms with van der Waals surface area (Å²) in [5, 5.41) is 24.3. The zero-order valence-electron chi connectivity index (χ0n) is 18.7. The molecule has 3 aromatic rings. The lowest BCUT2D eigenvalue weighted by Crippen LogP contribution is -2.56. The SMILES string of the molecule is Cc1cc(Nc2nc(NC3C[C@@H]4CC(C(=O)[C@H]5CCCN5)C[C@H](C3)N4)nc3sccc23)n[nH]1. The first-order chi connectivity index (χ1) is 16.1. The molecule has 3 aliphatic heterocycles. The number of aromatic nitrogens is 4. The van der Waals surface area contributed by atoms with Crippen LogP contribution in [0.5, 0.6) is 0 Å². The summed E-state index contributed by atoms with van der Waals surface area (Å²) in [6.45, 7) is 2.95. The number of H-pyrrole nitrogens is 1. The molecule has 0 spiro atoms. The Labute approximate surface area is 196 Å². The Balaban J connectivity index is 1.15. The van der Waals surface area contributed by atoms with Crippen LogP contribution in [0.1, 0.15) is 44.2 Å². The second-order valence-corrected chi connectivity index (χ2v) is 10.6. The van der Waals surface area contributed by atoms with Crippen LogP contribution in [0.3, 0.4) is 0 Å². The molecule has 0 saturated carbocycles. The van der Waals surface area contributed by atoms with Crippen molar-refractivity contribution in [2.75, 3.05) is 17.2 Å². The van der Waals surface area contributed by atoms with Crippen molar-refractivity contribution in [1.82, 2.24) is 30.8 Å². The number of piperidine rings is 2. The van der Waals surface area contributed by atoms with Gasteiger partial charge in [0.1, 0.15) is 10.6 Å². The van der Waals surface area contributed by atoms with Gasteiger partial charge in [-0.15, -0.1) is 11.3 Å². The highest BCUT2D eigenvalue weighted by molar-refractivity contribution is 7.16. The maximum Gasteiger partial charge on any atom is 0.226 e. The van der Waals surface area contributed by atoms with E-state index in [1.165, 1.54) is 0 Å². The second kappa shape index (κ2) is 8.66. The van der Waals surface area contributed by atoms with Gasteiger partial charge < -0.3 is 21.3 Å². The lowest BCUT2D eigenvalue weighted by molar-refractivity contribution is -0.126. The van der Waals surface area contributed by atoms with E-state index in [1.54, 1.807) is 11.3 Å². The zero-order chi connectivity index (χ0) is 22.4. The van der Waals surface area contributed by atoms with E-state index in [9.17, 15) is 4.79 Å². The number of thiophene rings is 1. The van der Waals surface area contributed by atoms with Crippen LogP contribution in [0.15, 0.2) is 17.5 Å². The average molecular weight is 467 g/mol. The summed E-state index contributed by atoms with van der Waals surface area (Å²) < 4.78 is 0. The number of rotatable bonds is 6. The van der Waals surface area contributed by atoms with E-state index >= 15 is 0 Å². The summed E-state index contributed by atoms with van der Waals surface area (Å²) in [4.78, 5) is 23.5. The maximum absolute atomic E-state index is 13.0. The molecule has 5 N–H and O–H groups in total. The van der Waals surface area contributed by atoms with Gasteiger partial charge in [-0.25, -0.2) is 4.98 Å². The predicted octanol–water partition coefficient (Wildman–Crippen LogP) is 3.10. The zero-order valence-corrected chi connectivity index (χ0v) is 19.5. The molecular weight excluding hydrogens is 436 g/mol. The van der Waals surface area contributed by atoms with Crippen LogP contribution in [-0.4, -0.2) is 56.7 Å². The first kappa shape index (κ1) is 21.0. The Bertz CT molecular complexity index is 1140. The average Bonchev–Trinajstić information content (AvgIpc) is 3.55. The van der Waals surface area contributed by atoms with Gasteiger partial charge in [0.05, 0.1) is 11.4 Å². The van der Waals surface area contributed by atoms with E-state index in [2.05, 4.69) is 31.5 Å². The highest BCUT2D eigenvalue weighted by Crippen LogP contribution is 2.34. The van der Waals surface area contributed by atoms with Gasteiger partial charge in [-0.3, -0.25) is 9.89 Å². The summed E-state index contributed by atoms with van der Waals surface area (Å²) in [6, 6.07) is 5.09. The van der Waals surface area contributed by atoms with Crippen LogP contribution in [0.2, 0.25) is 0 Å². The van der Waals surface area contributed by atoms with E-state index in [4.69, 9.17) is 9.97 Å². The molecule has 5 atom stereocenters. The summed E-state index contributed by atoms with van der Waals surface area (Å²) in [5.74, 6) is 2.77. The highest BCUT2D eigenvalue weighted by Gasteiger charge is 2.40. The minimum absolute atomic E-state index is 0.0814. The molecule has 0 amide bonds. The third-order valence-corrected chi connectivity index (χ3v) is 7.97. The molecule has 10 heteroatoms. The molecule has 3 aliphatic rings. The fourth-order valence-corrected chi connectivity index (χ4v) is 6.49. The molecule has 0 aliphatic carbocycles. The Morgan fingerprint density at radius 2 is 2.03 bits per heavy atom. The number of nitrogens with one attached hydrogen (secondary N) is 5. The van der Waals surface area contributed by atoms with Crippen LogP contribution in [0.25, 0.3) is 10.2 Å². The summed E-state index contributed by atoms with van der Waals surface area (Å²) >= 11 is 1.61. The molecule has 2 unspecified atom stereocenters. The molecule has 2 bridgehead atoms. The van der Waals surface area contributed by atoms with Crippen LogP contribution < -0.4 is 21.3 Å². The van der Waals surface area contributed by atoms with Gasteiger partial charge in [-0.1, -0.05) is 0 Å². The van der Waals surface area contributed by atoms with Crippen LogP contribution >= 0.6 is 11.3 Å². The number of Topliss-reactive ketones (excluding diaryl/α,β-unsaturated/α-hetero) is 1. The largest absolute Gasteiger partial charge is 0.351 e. The smallest absolute Gasteiger partial charge is 0.226 e. The number of fused-ring (bicyclic) bond motifs is 3. The quantitative estimate of drug-likeness (QED) is 0.376. The van der Waals surface area contributed by atoms with Crippen molar-refractivity contribution in [3.8, 4) is 0 Å². The molecule has 6 rings (SSSR count). The Hall–Kier alpha value is -2.56. The molecule has 9 nitrogen and oxygen atoms in total. The van der Waals surface area contributed by atoms with Crippen molar-refractivity contribution >= 4 is 44.9 Å². The first-order valence-electron chi connectivity index (χ1n) is 11.9. The number of hydrogen-bond acceptors (Lipinski definition) is 9. The Morgan fingerprint density at radius 3 is 2.76 bits per heavy atom. The monoisotopic (exact) mass is 466 g/mol. The Morgan fingerprint density at radius 1 is 1.18 bits per heavy atom. The number of aryl methyl sites for hydroxylation is 1. The minimum Gasteiger partial charge on any atom is -0.351 e. The molecule has 3 saturated heterocycles. The number of carbonyl (C=O) groups is 1. The molecule has 0 aromatic carbocycles. The lowest BCUT2D eigenvalue weighted by Gasteiger charge is -2.43. The van der Waals surface area contributed by atoms with Gasteiger partial charge in [0.15, 0.2) is 11.6 Å². The van der Waals surface area contributed by atoms with Crippen LogP contribution in [0.4, 0.5) is 17.6 Å². The maximum atomic E-state index is 13.0. The molecule has 3 fully saturated rings. The van der Waals surface area contributed by atoms with Gasteiger partial charge in [0.2, 0.25) is 5.95 Å². The summed E-state index contributed by atoms with van der Waals surface area (Å²) in [6.07, 6.45) is 5.94. The number of anilines is 3. The van der Waals surface area contributed by atoms with Crippen LogP contribution in [0, 0.1) is 12.8 Å². The normalized spacial score (nSPS) is 29.3. The fraction of sp³-hybridized carbons (Fsp3) is 0.565. The number of aromatic amines is 1. The van der Waals surface area contributed by atoms with Crippen molar-refractivity contribution in [2.45, 2.75) is 69.6 Å². The van der Waals surface area contributed by atoms with Crippen molar-refractivity contribution in [2.24, 2.45) is 5.92 Å². The topological polar surface area (TPSA) is 120 Å². The van der Waals surface area contributed by atoms with E-state index < -0.39 is 0 Å². The summed E-state index contributed by atoms with van der Waals surface area (Å²) in [7, 11) is 0. The third kappa shape index (κ3) is 4.34. The second-order valence-electron chi connectivity index (χ2n) is 9.69. The van der Waals surface area contributed by atoms with Crippen LogP contribution in [-0.2, 0) is 4.79 Å². The van der Waals surface area contributed by atoms with Crippen molar-refractivity contribution in [3.05, 3.63) is 23.2 Å². The summed E-state index contributed by atoms with van der Waals surface area (Å²) in [5.41, 5.74) is 0.994. The van der Waals surface area contributed by atoms with Crippen molar-refractivity contribution in [1.29, 1.82) is 0 Å². The predicted molar refractivity (Wildman–Crippen MR) is 130 cm³/mol. The van der Waals surface area contributed by atoms with Gasteiger partial charge >= 0.3 is 0 Å². The van der Waals surface area contributed by atoms with Gasteiger partial charge in [0.25, 0.3) is 0 Å². The third-order valence-electron chi connectivity index (χ3n) is 7.16. The van der Waals surface area contributed by atoms with Gasteiger partial charge in [0, 0.05) is 35.8 Å². The number of nitrogens with zero attached hydrogens (tertiary/aromatic N) is 3. The standard InChI is InChI=1S/C23H30N8OS/c1-12-7-19(31-30-12)27-21-17-4-6-33-22(17)29-23(28-21)26-16-10-14-8-13(9-15(11-16)25-14)20(32)18-3-2-5-24-18/h4,6-7,13-16,18,24-25H,2-3,5,8-11H2,1H3,(H3,26,27,28,29,30,31)/t13?,14-,15+,16?,18-/m1/s1. The van der Waals surface area contributed by atoms with E-state index in [1.807, 2.05) is 24.4 Å². The molecule has 6 heterocycles. The van der Waals surface area contributed by atoms with E-state index in [0.717, 1.165) is 72.6 Å². The molecule has 0 radical (unpaired) electrons. The number of carbonyl (C=O) groups excluding carboxylic acids is 1. The lowest BCUT2D eigenvalue weighted by atomic mass is 9.75. The van der Waals surface area contributed by atoms with Gasteiger partial charge in [-0.2, -0.15) is 10.1 Å². The molecule has 3 aromatic heterocycles. The molecular formula is C23H30N8OS.